The Morgan fingerprint density at radius 1 is 1.03 bits per heavy atom. The number of carbonyl (C=O) groups is 2. The summed E-state index contributed by atoms with van der Waals surface area (Å²) in [4.78, 5) is 28.0. The van der Waals surface area contributed by atoms with Crippen LogP contribution in [-0.4, -0.2) is 69.8 Å². The van der Waals surface area contributed by atoms with E-state index >= 15 is 0 Å². The first kappa shape index (κ1) is 28.3. The smallest absolute Gasteiger partial charge is 0.244 e. The number of amides is 2. The molecule has 2 amide bonds. The molecular weight excluding hydrogens is 494 g/mol. The van der Waals surface area contributed by atoms with Crippen molar-refractivity contribution in [2.45, 2.75) is 46.1 Å². The molecule has 2 aromatic carbocycles. The van der Waals surface area contributed by atoms with Crippen LogP contribution in [0, 0.1) is 0 Å². The van der Waals surface area contributed by atoms with E-state index in [1.807, 2.05) is 37.3 Å². The van der Waals surface area contributed by atoms with Crippen LogP contribution in [0.25, 0.3) is 0 Å². The number of carbonyl (C=O) groups excluding carboxylic acids is 2. The summed E-state index contributed by atoms with van der Waals surface area (Å²) in [6, 6.07) is 13.7. The van der Waals surface area contributed by atoms with Gasteiger partial charge in [-0.1, -0.05) is 43.7 Å². The zero-order valence-electron chi connectivity index (χ0n) is 21.8. The second-order valence-electron chi connectivity index (χ2n) is 8.88. The highest BCUT2D eigenvalue weighted by molar-refractivity contribution is 7.92. The predicted octanol–water partition coefficient (Wildman–Crippen LogP) is 2.99. The van der Waals surface area contributed by atoms with Crippen LogP contribution in [0.2, 0.25) is 0 Å². The zero-order chi connectivity index (χ0) is 26.8. The third-order valence-electron chi connectivity index (χ3n) is 6.27. The molecule has 37 heavy (non-hydrogen) atoms. The van der Waals surface area contributed by atoms with E-state index in [4.69, 9.17) is 9.47 Å². The van der Waals surface area contributed by atoms with Gasteiger partial charge in [0.25, 0.3) is 0 Å². The second-order valence-corrected chi connectivity index (χ2v) is 11.1. The first-order chi connectivity index (χ1) is 17.8. The summed E-state index contributed by atoms with van der Waals surface area (Å²) in [5.74, 6) is 0.0421. The van der Waals surface area contributed by atoms with Crippen LogP contribution >= 0.6 is 0 Å². The highest BCUT2D eigenvalue weighted by atomic mass is 32.2. The van der Waals surface area contributed by atoms with Gasteiger partial charge >= 0.3 is 0 Å². The molecule has 0 aromatic heterocycles. The molecular formula is C27H37N3O6S. The number of unbranched alkanes of at least 4 members (excludes halogenated alkanes) is 1. The van der Waals surface area contributed by atoms with Crippen molar-refractivity contribution in [3.05, 3.63) is 54.1 Å². The molecule has 0 fully saturated rings. The van der Waals surface area contributed by atoms with Crippen LogP contribution in [0.3, 0.4) is 0 Å². The number of hydrogen-bond acceptors (Lipinski definition) is 6. The average molecular weight is 532 g/mol. The summed E-state index contributed by atoms with van der Waals surface area (Å²) in [5.41, 5.74) is 1.33. The van der Waals surface area contributed by atoms with Gasteiger partial charge in [-0.3, -0.25) is 13.9 Å². The Bertz CT molecular complexity index is 1160. The maximum atomic E-state index is 13.7. The number of nitrogens with zero attached hydrogens (tertiary/aromatic N) is 2. The fraction of sp³-hybridized carbons (Fsp3) is 0.481. The minimum atomic E-state index is -3.81. The number of anilines is 1. The van der Waals surface area contributed by atoms with Crippen molar-refractivity contribution in [3.63, 3.8) is 0 Å². The summed E-state index contributed by atoms with van der Waals surface area (Å²) in [7, 11) is -3.81. The van der Waals surface area contributed by atoms with Gasteiger partial charge in [0, 0.05) is 19.2 Å². The van der Waals surface area contributed by atoms with Crippen LogP contribution in [0.4, 0.5) is 5.69 Å². The van der Waals surface area contributed by atoms with Crippen LogP contribution in [-0.2, 0) is 26.0 Å². The van der Waals surface area contributed by atoms with E-state index in [1.165, 1.54) is 11.8 Å². The summed E-state index contributed by atoms with van der Waals surface area (Å²) in [6.07, 6.45) is 2.30. The number of hydrogen-bond donors (Lipinski definition) is 1. The minimum Gasteiger partial charge on any atom is -0.486 e. The highest BCUT2D eigenvalue weighted by Crippen LogP contribution is 2.35. The molecule has 0 aliphatic carbocycles. The topological polar surface area (TPSA) is 105 Å². The largest absolute Gasteiger partial charge is 0.486 e. The zero-order valence-corrected chi connectivity index (χ0v) is 22.6. The predicted molar refractivity (Wildman–Crippen MR) is 143 cm³/mol. The number of rotatable bonds is 13. The Morgan fingerprint density at radius 3 is 2.41 bits per heavy atom. The van der Waals surface area contributed by atoms with Crippen LogP contribution < -0.4 is 19.1 Å². The number of nitrogens with one attached hydrogen (secondary N) is 1. The average Bonchev–Trinajstić information content (AvgIpc) is 2.92. The van der Waals surface area contributed by atoms with E-state index < -0.39 is 28.5 Å². The molecule has 2 aromatic rings. The Balaban J connectivity index is 1.86. The fourth-order valence-electron chi connectivity index (χ4n) is 4.01. The lowest BCUT2D eigenvalue weighted by molar-refractivity contribution is -0.138. The number of sulfonamides is 1. The van der Waals surface area contributed by atoms with Crippen LogP contribution in [0.1, 0.15) is 39.2 Å². The van der Waals surface area contributed by atoms with Crippen molar-refractivity contribution >= 4 is 27.5 Å². The van der Waals surface area contributed by atoms with Gasteiger partial charge in [-0.2, -0.15) is 0 Å². The molecule has 1 atom stereocenters. The van der Waals surface area contributed by atoms with E-state index in [0.717, 1.165) is 22.7 Å². The Morgan fingerprint density at radius 2 is 1.73 bits per heavy atom. The molecule has 1 aliphatic rings. The number of fused-ring (bicyclic) bond motifs is 1. The molecule has 0 saturated heterocycles. The Hall–Kier alpha value is -3.27. The van der Waals surface area contributed by atoms with Crippen molar-refractivity contribution < 1.29 is 27.5 Å². The van der Waals surface area contributed by atoms with Crippen LogP contribution in [0.15, 0.2) is 48.5 Å². The standard InChI is InChI=1S/C27H37N3O6S/c1-4-6-15-28-27(32)21(3)29(16-14-22-10-8-7-9-11-22)26(31)20-30(37(33,34)5-2)23-12-13-24-25(19-23)36-18-17-35-24/h7-13,19,21H,4-6,14-18,20H2,1-3H3,(H,28,32)/t21-/m1/s1. The summed E-state index contributed by atoms with van der Waals surface area (Å²) >= 11 is 0. The summed E-state index contributed by atoms with van der Waals surface area (Å²) in [5, 5.41) is 2.88. The van der Waals surface area contributed by atoms with Gasteiger partial charge in [-0.25, -0.2) is 8.42 Å². The van der Waals surface area contributed by atoms with Crippen molar-refractivity contribution in [2.75, 3.05) is 42.9 Å². The Kier molecular flexibility index (Phi) is 10.2. The summed E-state index contributed by atoms with van der Waals surface area (Å²) < 4.78 is 38.4. The SMILES string of the molecule is CCCCNC(=O)[C@@H](C)N(CCc1ccccc1)C(=O)CN(c1ccc2c(c1)OCCO2)S(=O)(=O)CC. The summed E-state index contributed by atoms with van der Waals surface area (Å²) in [6.45, 7) is 6.36. The molecule has 9 nitrogen and oxygen atoms in total. The van der Waals surface area contributed by atoms with Gasteiger partial charge in [-0.15, -0.1) is 0 Å². The first-order valence-corrected chi connectivity index (χ1v) is 14.4. The lowest BCUT2D eigenvalue weighted by atomic mass is 10.1. The quantitative estimate of drug-likeness (QED) is 0.399. The lowest BCUT2D eigenvalue weighted by Crippen LogP contribution is -2.52. The second kappa shape index (κ2) is 13.3. The Labute approximate surface area is 219 Å². The molecule has 1 aliphatic heterocycles. The first-order valence-electron chi connectivity index (χ1n) is 12.8. The van der Waals surface area contributed by atoms with E-state index in [0.29, 0.717) is 43.4 Å². The lowest BCUT2D eigenvalue weighted by Gasteiger charge is -2.32. The number of benzene rings is 2. The molecule has 0 unspecified atom stereocenters. The van der Waals surface area contributed by atoms with Gasteiger partial charge in [0.05, 0.1) is 11.4 Å². The minimum absolute atomic E-state index is 0.189. The van der Waals surface area contributed by atoms with Gasteiger partial charge < -0.3 is 19.7 Å². The normalized spacial score (nSPS) is 13.5. The molecule has 10 heteroatoms. The monoisotopic (exact) mass is 531 g/mol. The van der Waals surface area contributed by atoms with Gasteiger partial charge in [0.1, 0.15) is 25.8 Å². The third-order valence-corrected chi connectivity index (χ3v) is 8.02. The van der Waals surface area contributed by atoms with Crippen molar-refractivity contribution in [1.29, 1.82) is 0 Å². The fourth-order valence-corrected chi connectivity index (χ4v) is 5.07. The maximum absolute atomic E-state index is 13.7. The van der Waals surface area contributed by atoms with Crippen molar-refractivity contribution in [1.82, 2.24) is 10.2 Å². The van der Waals surface area contributed by atoms with Crippen molar-refractivity contribution in [3.8, 4) is 11.5 Å². The highest BCUT2D eigenvalue weighted by Gasteiger charge is 2.31. The van der Waals surface area contributed by atoms with Gasteiger partial charge in [-0.05, 0) is 44.4 Å². The molecule has 0 bridgehead atoms. The molecule has 0 radical (unpaired) electrons. The molecule has 3 rings (SSSR count). The molecule has 0 spiro atoms. The van der Waals surface area contributed by atoms with Gasteiger partial charge in [0.15, 0.2) is 11.5 Å². The van der Waals surface area contributed by atoms with E-state index in [9.17, 15) is 18.0 Å². The molecule has 1 heterocycles. The molecule has 1 N–H and O–H groups in total. The maximum Gasteiger partial charge on any atom is 0.244 e. The molecule has 202 valence electrons. The van der Waals surface area contributed by atoms with Crippen molar-refractivity contribution in [2.24, 2.45) is 0 Å². The third kappa shape index (κ3) is 7.61. The van der Waals surface area contributed by atoms with E-state index in [-0.39, 0.29) is 18.2 Å². The van der Waals surface area contributed by atoms with Gasteiger partial charge in [0.2, 0.25) is 21.8 Å². The van der Waals surface area contributed by atoms with E-state index in [2.05, 4.69) is 5.32 Å². The molecule has 0 saturated carbocycles. The van der Waals surface area contributed by atoms with E-state index in [1.54, 1.807) is 25.1 Å². The van der Waals surface area contributed by atoms with Crippen LogP contribution in [0.5, 0.6) is 11.5 Å². The number of ether oxygens (including phenoxy) is 2.